The van der Waals surface area contributed by atoms with E-state index in [2.05, 4.69) is 31.4 Å². The molecule has 0 radical (unpaired) electrons. The van der Waals surface area contributed by atoms with Crippen LogP contribution in [0.2, 0.25) is 0 Å². The molecule has 0 unspecified atom stereocenters. The first kappa shape index (κ1) is 31.0. The summed E-state index contributed by atoms with van der Waals surface area (Å²) in [4.78, 5) is 29.0. The standard InChI is InChI=1S/C32H47FN6O2S/c1-6-42-36-26-9-12-32(13-10-26)19-37(20-32)17-24-11-14-38(18-24)30-29(16-34-21-35-30)41-28-8-7-25(33)15-27(28)31(40)39(22(2)3)23(4)5/h7-8,15-16,21-24,26,36H,6,9-14,17-20H2,1-5H3/t24-/m0/s1. The molecule has 2 saturated heterocycles. The minimum atomic E-state index is -0.474. The molecule has 1 saturated carbocycles. The second kappa shape index (κ2) is 13.5. The molecule has 42 heavy (non-hydrogen) atoms. The van der Waals surface area contributed by atoms with Gasteiger partial charge in [0, 0.05) is 56.6 Å². The Balaban J connectivity index is 1.20. The van der Waals surface area contributed by atoms with Crippen molar-refractivity contribution in [1.29, 1.82) is 0 Å². The third kappa shape index (κ3) is 7.03. The molecule has 1 amide bonds. The van der Waals surface area contributed by atoms with Gasteiger partial charge in [-0.05, 0) is 89.3 Å². The lowest BCUT2D eigenvalue weighted by molar-refractivity contribution is -0.0384. The van der Waals surface area contributed by atoms with Crippen LogP contribution in [0.3, 0.4) is 0 Å². The molecule has 3 fully saturated rings. The van der Waals surface area contributed by atoms with Gasteiger partial charge in [-0.15, -0.1) is 0 Å². The molecule has 1 atom stereocenters. The van der Waals surface area contributed by atoms with Gasteiger partial charge in [-0.1, -0.05) is 18.9 Å². The molecular formula is C32H47FN6O2S. The van der Waals surface area contributed by atoms with Gasteiger partial charge in [0.1, 0.15) is 17.9 Å². The molecular weight excluding hydrogens is 551 g/mol. The zero-order valence-corrected chi connectivity index (χ0v) is 26.6. The molecule has 1 aromatic heterocycles. The van der Waals surface area contributed by atoms with Crippen molar-refractivity contribution in [2.75, 3.05) is 43.4 Å². The molecule has 5 rings (SSSR count). The molecule has 10 heteroatoms. The molecule has 3 aliphatic rings. The number of carbonyl (C=O) groups excluding carboxylic acids is 1. The average molecular weight is 599 g/mol. The van der Waals surface area contributed by atoms with E-state index in [0.717, 1.165) is 37.6 Å². The largest absolute Gasteiger partial charge is 0.451 e. The topological polar surface area (TPSA) is 73.8 Å². The fraction of sp³-hybridized carbons (Fsp3) is 0.656. The predicted octanol–water partition coefficient (Wildman–Crippen LogP) is 6.00. The van der Waals surface area contributed by atoms with Crippen LogP contribution in [0.4, 0.5) is 10.2 Å². The number of amides is 1. The maximum Gasteiger partial charge on any atom is 0.258 e. The molecule has 1 aliphatic carbocycles. The smallest absolute Gasteiger partial charge is 0.258 e. The van der Waals surface area contributed by atoms with Crippen molar-refractivity contribution in [1.82, 2.24) is 24.5 Å². The minimum Gasteiger partial charge on any atom is -0.451 e. The lowest BCUT2D eigenvalue weighted by Gasteiger charge is -2.54. The summed E-state index contributed by atoms with van der Waals surface area (Å²) >= 11 is 1.85. The third-order valence-corrected chi connectivity index (χ3v) is 9.85. The van der Waals surface area contributed by atoms with Crippen LogP contribution < -0.4 is 14.4 Å². The number of hydrogen-bond acceptors (Lipinski definition) is 8. The van der Waals surface area contributed by atoms with Crippen molar-refractivity contribution >= 4 is 23.7 Å². The van der Waals surface area contributed by atoms with Gasteiger partial charge in [0.2, 0.25) is 0 Å². The molecule has 2 aromatic rings. The highest BCUT2D eigenvalue weighted by molar-refractivity contribution is 7.97. The van der Waals surface area contributed by atoms with E-state index in [9.17, 15) is 9.18 Å². The van der Waals surface area contributed by atoms with Crippen molar-refractivity contribution in [2.24, 2.45) is 11.3 Å². The molecule has 3 heterocycles. The van der Waals surface area contributed by atoms with Gasteiger partial charge >= 0.3 is 0 Å². The maximum absolute atomic E-state index is 14.3. The summed E-state index contributed by atoms with van der Waals surface area (Å²) in [6, 6.07) is 4.71. The number of carbonyl (C=O) groups is 1. The van der Waals surface area contributed by atoms with E-state index in [4.69, 9.17) is 4.74 Å². The van der Waals surface area contributed by atoms with E-state index in [1.54, 1.807) is 11.1 Å². The van der Waals surface area contributed by atoms with Gasteiger partial charge in [-0.25, -0.2) is 14.4 Å². The van der Waals surface area contributed by atoms with E-state index in [1.165, 1.54) is 63.3 Å². The lowest BCUT2D eigenvalue weighted by atomic mass is 9.67. The van der Waals surface area contributed by atoms with E-state index in [0.29, 0.717) is 28.9 Å². The van der Waals surface area contributed by atoms with Crippen LogP contribution in [0.25, 0.3) is 0 Å². The highest BCUT2D eigenvalue weighted by Gasteiger charge is 2.45. The number of rotatable bonds is 11. The Hall–Kier alpha value is -2.43. The van der Waals surface area contributed by atoms with Crippen molar-refractivity contribution in [3.05, 3.63) is 42.1 Å². The van der Waals surface area contributed by atoms with Crippen LogP contribution >= 0.6 is 11.9 Å². The first-order chi connectivity index (χ1) is 20.2. The Morgan fingerprint density at radius 1 is 1.17 bits per heavy atom. The molecule has 1 spiro atoms. The van der Waals surface area contributed by atoms with Gasteiger partial charge in [-0.2, -0.15) is 0 Å². The molecule has 230 valence electrons. The Morgan fingerprint density at radius 3 is 2.60 bits per heavy atom. The van der Waals surface area contributed by atoms with Crippen LogP contribution in [-0.4, -0.2) is 82.3 Å². The first-order valence-electron chi connectivity index (χ1n) is 15.6. The number of ether oxygens (including phenoxy) is 1. The van der Waals surface area contributed by atoms with E-state index >= 15 is 0 Å². The number of aromatic nitrogens is 2. The third-order valence-electron chi connectivity index (χ3n) is 9.06. The molecule has 1 aromatic carbocycles. The number of benzene rings is 1. The van der Waals surface area contributed by atoms with Crippen LogP contribution in [-0.2, 0) is 0 Å². The molecule has 0 bridgehead atoms. The summed E-state index contributed by atoms with van der Waals surface area (Å²) in [7, 11) is 0. The summed E-state index contributed by atoms with van der Waals surface area (Å²) in [6.45, 7) is 15.4. The van der Waals surface area contributed by atoms with E-state index in [-0.39, 0.29) is 23.6 Å². The van der Waals surface area contributed by atoms with Crippen LogP contribution in [0.5, 0.6) is 11.5 Å². The summed E-state index contributed by atoms with van der Waals surface area (Å²) in [5.41, 5.74) is 0.735. The Labute approximate surface area is 254 Å². The van der Waals surface area contributed by atoms with Gasteiger partial charge in [0.15, 0.2) is 11.6 Å². The van der Waals surface area contributed by atoms with Gasteiger partial charge in [0.25, 0.3) is 5.91 Å². The van der Waals surface area contributed by atoms with Gasteiger partial charge < -0.3 is 19.4 Å². The average Bonchev–Trinajstić information content (AvgIpc) is 3.41. The Bertz CT molecular complexity index is 1210. The number of anilines is 1. The van der Waals surface area contributed by atoms with Crippen LogP contribution in [0.15, 0.2) is 30.7 Å². The van der Waals surface area contributed by atoms with E-state index < -0.39 is 5.82 Å². The van der Waals surface area contributed by atoms with Gasteiger partial charge in [-0.3, -0.25) is 9.52 Å². The summed E-state index contributed by atoms with van der Waals surface area (Å²) in [5, 5.41) is 0. The second-order valence-corrected chi connectivity index (χ2v) is 14.1. The summed E-state index contributed by atoms with van der Waals surface area (Å²) in [5.74, 6) is 2.47. The number of halogens is 1. The van der Waals surface area contributed by atoms with Crippen molar-refractivity contribution in [2.45, 2.75) is 84.8 Å². The first-order valence-corrected chi connectivity index (χ1v) is 16.6. The van der Waals surface area contributed by atoms with E-state index in [1.807, 2.05) is 39.6 Å². The van der Waals surface area contributed by atoms with Gasteiger partial charge in [0.05, 0.1) is 11.8 Å². The van der Waals surface area contributed by atoms with Crippen molar-refractivity contribution < 1.29 is 13.9 Å². The lowest BCUT2D eigenvalue weighted by Crippen LogP contribution is -2.59. The zero-order chi connectivity index (χ0) is 29.9. The maximum atomic E-state index is 14.3. The molecule has 2 aliphatic heterocycles. The SMILES string of the molecule is CCSNC1CCC2(CC1)CN(C[C@@H]1CCN(c3ncncc3Oc3ccc(F)cc3C(=O)N(C(C)C)C(C)C)C1)C2. The quantitative estimate of drug-likeness (QED) is 0.316. The molecule has 1 N–H and O–H groups in total. The van der Waals surface area contributed by atoms with Crippen molar-refractivity contribution in [3.8, 4) is 11.5 Å². The normalized spacial score (nSPS) is 20.9. The monoisotopic (exact) mass is 598 g/mol. The Kier molecular flexibility index (Phi) is 9.95. The number of hydrogen-bond donors (Lipinski definition) is 1. The number of likely N-dealkylation sites (tertiary alicyclic amines) is 1. The summed E-state index contributed by atoms with van der Waals surface area (Å²) in [6.07, 6.45) is 9.54. The fourth-order valence-corrected chi connectivity index (χ4v) is 7.78. The number of nitrogens with zero attached hydrogens (tertiary/aromatic N) is 5. The number of nitrogens with one attached hydrogen (secondary N) is 1. The van der Waals surface area contributed by atoms with Crippen LogP contribution in [0.1, 0.15) is 77.1 Å². The van der Waals surface area contributed by atoms with Crippen molar-refractivity contribution in [3.63, 3.8) is 0 Å². The van der Waals surface area contributed by atoms with Crippen LogP contribution in [0, 0.1) is 17.2 Å². The molecule has 8 nitrogen and oxygen atoms in total. The minimum absolute atomic E-state index is 0.0380. The second-order valence-electron chi connectivity index (χ2n) is 12.9. The fourth-order valence-electron chi connectivity index (χ4n) is 7.14. The zero-order valence-electron chi connectivity index (χ0n) is 25.8. The highest BCUT2D eigenvalue weighted by Crippen LogP contribution is 2.45. The Morgan fingerprint density at radius 2 is 1.90 bits per heavy atom. The highest BCUT2D eigenvalue weighted by atomic mass is 32.2. The summed E-state index contributed by atoms with van der Waals surface area (Å²) < 4.78 is 24.3. The predicted molar refractivity (Wildman–Crippen MR) is 168 cm³/mol.